The van der Waals surface area contributed by atoms with Gasteiger partial charge in [0.25, 0.3) is 0 Å². The number of benzene rings is 1. The second-order valence-corrected chi connectivity index (χ2v) is 7.84. The van der Waals surface area contributed by atoms with E-state index in [2.05, 4.69) is 15.4 Å². The highest BCUT2D eigenvalue weighted by Gasteiger charge is 2.43. The number of carbonyl (C=O) groups excluding carboxylic acids is 4. The molecule has 10 nitrogen and oxygen atoms in total. The molecular formula is C25H35F6N3O7. The number of ketones is 1. The molecule has 5 N–H and O–H groups in total. The predicted octanol–water partition coefficient (Wildman–Crippen LogP) is 3.71. The van der Waals surface area contributed by atoms with Crippen LogP contribution in [0.5, 0.6) is 0 Å². The van der Waals surface area contributed by atoms with Crippen molar-refractivity contribution in [2.45, 2.75) is 71.8 Å². The van der Waals surface area contributed by atoms with Gasteiger partial charge in [0, 0.05) is 13.3 Å². The third kappa shape index (κ3) is 16.2. The first-order valence-electron chi connectivity index (χ1n) is 12.4. The number of nitrogens with two attached hydrogens (primary N) is 1. The van der Waals surface area contributed by atoms with Crippen LogP contribution in [0.3, 0.4) is 0 Å². The molecular weight excluding hydrogens is 568 g/mol. The number of unbranched alkanes of at least 4 members (excludes halogenated alkanes) is 1. The molecule has 0 aromatic heterocycles. The topological polar surface area (TPSA) is 165 Å². The Morgan fingerprint density at radius 1 is 0.976 bits per heavy atom. The highest BCUT2D eigenvalue weighted by molar-refractivity contribution is 5.96. The second kappa shape index (κ2) is 19.4. The zero-order valence-corrected chi connectivity index (χ0v) is 23.0. The Morgan fingerprint density at radius 2 is 1.46 bits per heavy atom. The van der Waals surface area contributed by atoms with E-state index in [1.165, 1.54) is 6.92 Å². The minimum absolute atomic E-state index is 0.209. The number of halogens is 6. The summed E-state index contributed by atoms with van der Waals surface area (Å²) in [6, 6.07) is 0.0521. The van der Waals surface area contributed by atoms with Crippen molar-refractivity contribution in [3.05, 3.63) is 34.9 Å². The van der Waals surface area contributed by atoms with E-state index >= 15 is 0 Å². The first kappa shape index (κ1) is 39.5. The molecule has 0 aliphatic carbocycles. The number of carbonyl (C=O) groups is 5. The molecule has 16 heteroatoms. The fourth-order valence-corrected chi connectivity index (χ4v) is 2.83. The lowest BCUT2D eigenvalue weighted by molar-refractivity contribution is -0.144. The maximum atomic E-state index is 13.1. The Labute approximate surface area is 233 Å². The monoisotopic (exact) mass is 603 g/mol. The van der Waals surface area contributed by atoms with Crippen LogP contribution in [0, 0.1) is 0 Å². The summed E-state index contributed by atoms with van der Waals surface area (Å²) in [4.78, 5) is 56.8. The van der Waals surface area contributed by atoms with Crippen LogP contribution in [-0.2, 0) is 36.3 Å². The van der Waals surface area contributed by atoms with Gasteiger partial charge in [-0.15, -0.1) is 0 Å². The van der Waals surface area contributed by atoms with Crippen LogP contribution >= 0.6 is 0 Å². The molecule has 0 saturated carbocycles. The van der Waals surface area contributed by atoms with E-state index in [4.69, 9.17) is 10.8 Å². The van der Waals surface area contributed by atoms with E-state index in [1.807, 2.05) is 13.8 Å². The average Bonchev–Trinajstić information content (AvgIpc) is 2.89. The average molecular weight is 604 g/mol. The summed E-state index contributed by atoms with van der Waals surface area (Å²) in [7, 11) is 0. The Morgan fingerprint density at radius 3 is 1.85 bits per heavy atom. The van der Waals surface area contributed by atoms with Crippen molar-refractivity contribution in [1.82, 2.24) is 10.6 Å². The van der Waals surface area contributed by atoms with Crippen molar-refractivity contribution >= 4 is 29.5 Å². The third-order valence-electron chi connectivity index (χ3n) is 4.65. The maximum absolute atomic E-state index is 13.1. The fraction of sp³-hybridized carbons (Fsp3) is 0.560. The predicted molar refractivity (Wildman–Crippen MR) is 135 cm³/mol. The molecule has 0 heterocycles. The Hall–Kier alpha value is -3.69. The fourth-order valence-electron chi connectivity index (χ4n) is 2.83. The van der Waals surface area contributed by atoms with Gasteiger partial charge in [-0.1, -0.05) is 26.8 Å². The normalized spacial score (nSPS) is 11.5. The van der Waals surface area contributed by atoms with Crippen LogP contribution in [0.25, 0.3) is 0 Å². The number of aliphatic carboxylic acids is 1. The molecule has 1 atom stereocenters. The van der Waals surface area contributed by atoms with Gasteiger partial charge in [0.15, 0.2) is 12.4 Å². The van der Waals surface area contributed by atoms with Crippen LogP contribution in [0.2, 0.25) is 0 Å². The SMILES string of the molecule is CC.CC(=O)N[C@@H](CCCCN)C(=O)NCC(=O)COC(=O)c1c(C(F)(F)F)cccc1C(F)(F)F.CCC(=O)O. The molecule has 0 saturated heterocycles. The Kier molecular flexibility index (Phi) is 18.7. The van der Waals surface area contributed by atoms with Crippen LogP contribution < -0.4 is 16.4 Å². The summed E-state index contributed by atoms with van der Waals surface area (Å²) in [6.45, 7) is 5.18. The van der Waals surface area contributed by atoms with Gasteiger partial charge in [0.2, 0.25) is 11.8 Å². The summed E-state index contributed by atoms with van der Waals surface area (Å²) < 4.78 is 83.2. The molecule has 0 bridgehead atoms. The van der Waals surface area contributed by atoms with Gasteiger partial charge in [-0.25, -0.2) is 4.79 Å². The van der Waals surface area contributed by atoms with Gasteiger partial charge in [0.05, 0.1) is 23.2 Å². The lowest BCUT2D eigenvalue weighted by Crippen LogP contribution is -2.47. The molecule has 234 valence electrons. The minimum atomic E-state index is -5.30. The minimum Gasteiger partial charge on any atom is -0.481 e. The van der Waals surface area contributed by atoms with Gasteiger partial charge in [-0.05, 0) is 37.9 Å². The van der Waals surface area contributed by atoms with Crippen LogP contribution in [0.15, 0.2) is 18.2 Å². The molecule has 0 radical (unpaired) electrons. The summed E-state index contributed by atoms with van der Waals surface area (Å²) in [5.41, 5.74) is -0.159. The molecule has 2 amide bonds. The number of carboxylic acid groups (broad SMARTS) is 1. The third-order valence-corrected chi connectivity index (χ3v) is 4.65. The lowest BCUT2D eigenvalue weighted by atomic mass is 10.00. The van der Waals surface area contributed by atoms with E-state index in [-0.39, 0.29) is 25.0 Å². The number of nitrogens with one attached hydrogen (secondary N) is 2. The number of amides is 2. The molecule has 1 aromatic rings. The van der Waals surface area contributed by atoms with Crippen molar-refractivity contribution in [2.24, 2.45) is 5.73 Å². The number of rotatable bonds is 12. The molecule has 0 spiro atoms. The maximum Gasteiger partial charge on any atom is 0.417 e. The van der Waals surface area contributed by atoms with E-state index < -0.39 is 77.8 Å². The molecule has 41 heavy (non-hydrogen) atoms. The highest BCUT2D eigenvalue weighted by atomic mass is 19.4. The van der Waals surface area contributed by atoms with Gasteiger partial charge < -0.3 is 26.2 Å². The number of ether oxygens (including phenoxy) is 1. The van der Waals surface area contributed by atoms with Crippen LogP contribution in [-0.4, -0.2) is 60.4 Å². The summed E-state index contributed by atoms with van der Waals surface area (Å²) in [5.74, 6) is -5.03. The number of hydrogen-bond acceptors (Lipinski definition) is 7. The van der Waals surface area contributed by atoms with Crippen LogP contribution in [0.4, 0.5) is 26.3 Å². The number of hydrogen-bond donors (Lipinski definition) is 4. The standard InChI is InChI=1S/C20H23F6N3O5.C3H6O2.C2H6/c1-11(30)29-15(7-2-3-8-27)17(32)28-9-12(31)10-34-18(33)16-13(19(21,22)23)5-4-6-14(16)20(24,25)26;1-2-3(4)5;1-2/h4-6,15H,2-3,7-10,27H2,1H3,(H,28,32)(H,29,30);2H2,1H3,(H,4,5);1-2H3/t15-;;/m0../s1. The smallest absolute Gasteiger partial charge is 0.417 e. The van der Waals surface area contributed by atoms with Crippen molar-refractivity contribution in [1.29, 1.82) is 0 Å². The number of carboxylic acids is 1. The van der Waals surface area contributed by atoms with E-state index in [0.717, 1.165) is 0 Å². The molecule has 0 fully saturated rings. The largest absolute Gasteiger partial charge is 0.481 e. The molecule has 1 rings (SSSR count). The first-order chi connectivity index (χ1) is 18.9. The van der Waals surface area contributed by atoms with E-state index in [1.54, 1.807) is 6.92 Å². The Bertz CT molecular complexity index is 982. The van der Waals surface area contributed by atoms with Crippen molar-refractivity contribution in [2.75, 3.05) is 19.7 Å². The van der Waals surface area contributed by atoms with Gasteiger partial charge >= 0.3 is 24.3 Å². The summed E-state index contributed by atoms with van der Waals surface area (Å²) in [6.07, 6.45) is -9.11. The summed E-state index contributed by atoms with van der Waals surface area (Å²) >= 11 is 0. The van der Waals surface area contributed by atoms with Gasteiger partial charge in [-0.3, -0.25) is 19.2 Å². The molecule has 0 aliphatic rings. The van der Waals surface area contributed by atoms with Crippen molar-refractivity contribution < 1.29 is 60.2 Å². The van der Waals surface area contributed by atoms with Crippen molar-refractivity contribution in [3.8, 4) is 0 Å². The number of esters is 1. The van der Waals surface area contributed by atoms with Crippen LogP contribution in [0.1, 0.15) is 74.9 Å². The molecule has 1 aromatic carbocycles. The Balaban J connectivity index is 0. The first-order valence-corrected chi connectivity index (χ1v) is 12.4. The quantitative estimate of drug-likeness (QED) is 0.160. The number of Topliss-reactive ketones (excluding diaryl/α,β-unsaturated/α-hetero) is 1. The summed E-state index contributed by atoms with van der Waals surface area (Å²) in [5, 5.41) is 12.3. The lowest BCUT2D eigenvalue weighted by Gasteiger charge is -2.18. The van der Waals surface area contributed by atoms with E-state index in [0.29, 0.717) is 25.5 Å². The van der Waals surface area contributed by atoms with Gasteiger partial charge in [-0.2, -0.15) is 26.3 Å². The molecule has 0 unspecified atom stereocenters. The molecule has 0 aliphatic heterocycles. The zero-order valence-electron chi connectivity index (χ0n) is 23.0. The number of alkyl halides is 6. The van der Waals surface area contributed by atoms with Crippen molar-refractivity contribution in [3.63, 3.8) is 0 Å². The second-order valence-electron chi connectivity index (χ2n) is 7.84. The highest BCUT2D eigenvalue weighted by Crippen LogP contribution is 2.39. The van der Waals surface area contributed by atoms with E-state index in [9.17, 15) is 50.3 Å². The zero-order chi connectivity index (χ0) is 32.4. The van der Waals surface area contributed by atoms with Gasteiger partial charge in [0.1, 0.15) is 6.04 Å².